The van der Waals surface area contributed by atoms with Crippen molar-refractivity contribution in [2.75, 3.05) is 34.4 Å². The number of carbonyl (C=O) groups is 1. The van der Waals surface area contributed by atoms with Crippen molar-refractivity contribution in [3.63, 3.8) is 0 Å². The smallest absolute Gasteiger partial charge is 0.244 e. The maximum absolute atomic E-state index is 12.3. The fourth-order valence-corrected chi connectivity index (χ4v) is 3.89. The van der Waals surface area contributed by atoms with E-state index in [1.165, 1.54) is 44.0 Å². The topological polar surface area (TPSA) is 61.2 Å². The SMILES string of the molecule is COc1cc(OC)c(OC)cc1/C=C/C(=O)NCc1ccc(C[NH+]2CCCCC2)cc1. The van der Waals surface area contributed by atoms with E-state index < -0.39 is 0 Å². The molecule has 1 aliphatic rings. The molecule has 0 spiro atoms. The molecule has 2 aromatic rings. The molecule has 0 aromatic heterocycles. The molecule has 6 heteroatoms. The number of piperidine rings is 1. The van der Waals surface area contributed by atoms with Crippen molar-refractivity contribution < 1.29 is 23.9 Å². The number of amides is 1. The molecule has 0 aliphatic carbocycles. The van der Waals surface area contributed by atoms with Gasteiger partial charge in [-0.25, -0.2) is 0 Å². The van der Waals surface area contributed by atoms with Gasteiger partial charge >= 0.3 is 0 Å². The molecule has 3 rings (SSSR count). The Morgan fingerprint density at radius 1 is 0.903 bits per heavy atom. The largest absolute Gasteiger partial charge is 0.496 e. The number of benzene rings is 2. The Kier molecular flexibility index (Phi) is 8.35. The molecule has 1 aliphatic heterocycles. The van der Waals surface area contributed by atoms with Crippen LogP contribution in [0.15, 0.2) is 42.5 Å². The summed E-state index contributed by atoms with van der Waals surface area (Å²) < 4.78 is 16.0. The highest BCUT2D eigenvalue weighted by molar-refractivity contribution is 5.92. The van der Waals surface area contributed by atoms with Gasteiger partial charge in [-0.15, -0.1) is 0 Å². The molecule has 166 valence electrons. The lowest BCUT2D eigenvalue weighted by molar-refractivity contribution is -0.918. The Labute approximate surface area is 184 Å². The molecular formula is C25H33N2O4+. The van der Waals surface area contributed by atoms with E-state index in [0.29, 0.717) is 23.8 Å². The Hall–Kier alpha value is -2.99. The Bertz CT molecular complexity index is 887. The van der Waals surface area contributed by atoms with E-state index in [2.05, 4.69) is 29.6 Å². The molecule has 0 saturated carbocycles. The Morgan fingerprint density at radius 2 is 1.52 bits per heavy atom. The van der Waals surface area contributed by atoms with Crippen LogP contribution in [0.3, 0.4) is 0 Å². The number of methoxy groups -OCH3 is 3. The summed E-state index contributed by atoms with van der Waals surface area (Å²) in [6, 6.07) is 12.1. The molecule has 31 heavy (non-hydrogen) atoms. The summed E-state index contributed by atoms with van der Waals surface area (Å²) in [4.78, 5) is 14.0. The van der Waals surface area contributed by atoms with Crippen LogP contribution in [-0.4, -0.2) is 40.3 Å². The van der Waals surface area contributed by atoms with Crippen LogP contribution in [0.25, 0.3) is 6.08 Å². The van der Waals surface area contributed by atoms with Crippen molar-refractivity contribution >= 4 is 12.0 Å². The highest BCUT2D eigenvalue weighted by Gasteiger charge is 2.14. The van der Waals surface area contributed by atoms with Gasteiger partial charge < -0.3 is 24.4 Å². The van der Waals surface area contributed by atoms with Gasteiger partial charge in [0.1, 0.15) is 12.3 Å². The second kappa shape index (κ2) is 11.4. The van der Waals surface area contributed by atoms with Crippen LogP contribution in [0, 0.1) is 0 Å². The van der Waals surface area contributed by atoms with Crippen LogP contribution in [0.5, 0.6) is 17.2 Å². The summed E-state index contributed by atoms with van der Waals surface area (Å²) >= 11 is 0. The molecule has 0 atom stereocenters. The minimum atomic E-state index is -0.168. The van der Waals surface area contributed by atoms with E-state index in [9.17, 15) is 4.79 Å². The highest BCUT2D eigenvalue weighted by Crippen LogP contribution is 2.35. The number of likely N-dealkylation sites (tertiary alicyclic amines) is 1. The lowest BCUT2D eigenvalue weighted by Crippen LogP contribution is -3.11. The number of hydrogen-bond acceptors (Lipinski definition) is 4. The molecule has 2 aromatic carbocycles. The molecule has 2 N–H and O–H groups in total. The summed E-state index contributed by atoms with van der Waals surface area (Å²) in [6.45, 7) is 4.12. The monoisotopic (exact) mass is 425 g/mol. The van der Waals surface area contributed by atoms with E-state index in [1.54, 1.807) is 44.4 Å². The third kappa shape index (κ3) is 6.49. The summed E-state index contributed by atoms with van der Waals surface area (Å²) in [6.07, 6.45) is 7.25. The second-order valence-electron chi connectivity index (χ2n) is 7.80. The van der Waals surface area contributed by atoms with Crippen LogP contribution in [0.2, 0.25) is 0 Å². The quantitative estimate of drug-likeness (QED) is 0.607. The molecule has 1 fully saturated rings. The second-order valence-corrected chi connectivity index (χ2v) is 7.80. The van der Waals surface area contributed by atoms with E-state index in [1.807, 2.05) is 0 Å². The summed E-state index contributed by atoms with van der Waals surface area (Å²) in [5, 5.41) is 2.93. The summed E-state index contributed by atoms with van der Waals surface area (Å²) in [7, 11) is 4.72. The lowest BCUT2D eigenvalue weighted by Gasteiger charge is -2.23. The standard InChI is InChI=1S/C25H32N2O4/c1-29-22-16-24(31-3)23(30-2)15-21(22)11-12-25(28)26-17-19-7-9-20(10-8-19)18-27-13-5-4-6-14-27/h7-12,15-16H,4-6,13-14,17-18H2,1-3H3,(H,26,28)/p+1/b12-11+. The molecule has 1 amide bonds. The van der Waals surface area contributed by atoms with Crippen molar-refractivity contribution in [2.45, 2.75) is 32.4 Å². The van der Waals surface area contributed by atoms with Crippen molar-refractivity contribution in [3.05, 3.63) is 59.2 Å². The molecule has 1 heterocycles. The van der Waals surface area contributed by atoms with Crippen molar-refractivity contribution in [1.82, 2.24) is 5.32 Å². The van der Waals surface area contributed by atoms with E-state index >= 15 is 0 Å². The van der Waals surface area contributed by atoms with Gasteiger partial charge in [-0.1, -0.05) is 24.3 Å². The zero-order chi connectivity index (χ0) is 22.1. The summed E-state index contributed by atoms with van der Waals surface area (Å²) in [5.41, 5.74) is 3.18. The van der Waals surface area contributed by atoms with Gasteiger partial charge in [0, 0.05) is 29.8 Å². The van der Waals surface area contributed by atoms with Gasteiger partial charge in [-0.2, -0.15) is 0 Å². The zero-order valence-electron chi connectivity index (χ0n) is 18.7. The molecule has 0 radical (unpaired) electrons. The van der Waals surface area contributed by atoms with Crippen molar-refractivity contribution in [3.8, 4) is 17.2 Å². The molecular weight excluding hydrogens is 392 g/mol. The van der Waals surface area contributed by atoms with Gasteiger partial charge in [0.25, 0.3) is 0 Å². The van der Waals surface area contributed by atoms with Gasteiger partial charge in [0.2, 0.25) is 5.91 Å². The Balaban J connectivity index is 1.54. The third-order valence-corrected chi connectivity index (χ3v) is 5.65. The molecule has 6 nitrogen and oxygen atoms in total. The first-order chi connectivity index (χ1) is 15.1. The number of ether oxygens (including phenoxy) is 3. The van der Waals surface area contributed by atoms with Crippen LogP contribution in [0.1, 0.15) is 36.0 Å². The lowest BCUT2D eigenvalue weighted by atomic mass is 10.1. The van der Waals surface area contributed by atoms with Gasteiger partial charge in [-0.3, -0.25) is 4.79 Å². The van der Waals surface area contributed by atoms with Crippen LogP contribution < -0.4 is 24.4 Å². The minimum Gasteiger partial charge on any atom is -0.496 e. The third-order valence-electron chi connectivity index (χ3n) is 5.65. The van der Waals surface area contributed by atoms with E-state index in [0.717, 1.165) is 17.7 Å². The first kappa shape index (κ1) is 22.7. The fourth-order valence-electron chi connectivity index (χ4n) is 3.89. The number of nitrogens with one attached hydrogen (secondary N) is 2. The predicted molar refractivity (Wildman–Crippen MR) is 122 cm³/mol. The van der Waals surface area contributed by atoms with Gasteiger partial charge in [0.05, 0.1) is 34.4 Å². The maximum Gasteiger partial charge on any atom is 0.244 e. The number of quaternary nitrogens is 1. The van der Waals surface area contributed by atoms with Crippen LogP contribution in [-0.2, 0) is 17.9 Å². The minimum absolute atomic E-state index is 0.168. The average molecular weight is 426 g/mol. The van der Waals surface area contributed by atoms with Crippen LogP contribution >= 0.6 is 0 Å². The van der Waals surface area contributed by atoms with Gasteiger partial charge in [-0.05, 0) is 37.0 Å². The number of hydrogen-bond donors (Lipinski definition) is 2. The first-order valence-electron chi connectivity index (χ1n) is 10.8. The average Bonchev–Trinajstić information content (AvgIpc) is 2.82. The number of carbonyl (C=O) groups excluding carboxylic acids is 1. The molecule has 0 unspecified atom stereocenters. The predicted octanol–water partition coefficient (Wildman–Crippen LogP) is 2.61. The number of rotatable bonds is 9. The fraction of sp³-hybridized carbons (Fsp3) is 0.400. The zero-order valence-corrected chi connectivity index (χ0v) is 18.7. The van der Waals surface area contributed by atoms with E-state index in [-0.39, 0.29) is 5.91 Å². The first-order valence-corrected chi connectivity index (χ1v) is 10.8. The normalized spacial score (nSPS) is 14.4. The van der Waals surface area contributed by atoms with Crippen molar-refractivity contribution in [2.24, 2.45) is 0 Å². The molecule has 0 bridgehead atoms. The maximum atomic E-state index is 12.3. The van der Waals surface area contributed by atoms with Crippen LogP contribution in [0.4, 0.5) is 0 Å². The van der Waals surface area contributed by atoms with Gasteiger partial charge in [0.15, 0.2) is 11.5 Å². The summed E-state index contributed by atoms with van der Waals surface area (Å²) in [5.74, 6) is 1.59. The van der Waals surface area contributed by atoms with E-state index in [4.69, 9.17) is 14.2 Å². The Morgan fingerprint density at radius 3 is 2.16 bits per heavy atom. The molecule has 1 saturated heterocycles. The van der Waals surface area contributed by atoms with Crippen molar-refractivity contribution in [1.29, 1.82) is 0 Å². The highest BCUT2D eigenvalue weighted by atomic mass is 16.5.